The van der Waals surface area contributed by atoms with E-state index in [9.17, 15) is 9.59 Å². The lowest BCUT2D eigenvalue weighted by Gasteiger charge is -2.24. The van der Waals surface area contributed by atoms with Gasteiger partial charge in [0.15, 0.2) is 0 Å². The summed E-state index contributed by atoms with van der Waals surface area (Å²) in [7, 11) is 0. The van der Waals surface area contributed by atoms with E-state index in [-0.39, 0.29) is 11.9 Å². The van der Waals surface area contributed by atoms with Gasteiger partial charge in [-0.3, -0.25) is 9.59 Å². The van der Waals surface area contributed by atoms with Gasteiger partial charge in [-0.1, -0.05) is 44.2 Å². The van der Waals surface area contributed by atoms with Crippen molar-refractivity contribution in [1.29, 1.82) is 0 Å². The van der Waals surface area contributed by atoms with Gasteiger partial charge in [0.05, 0.1) is 6.04 Å². The number of rotatable bonds is 5. The molecule has 1 unspecified atom stereocenters. The molecule has 1 atom stereocenters. The minimum Gasteiger partial charge on any atom is -0.463 e. The fourth-order valence-electron chi connectivity index (χ4n) is 2.01. The monoisotopic (exact) mass is 292 g/mol. The summed E-state index contributed by atoms with van der Waals surface area (Å²) in [6, 6.07) is 9.59. The maximum Gasteiger partial charge on any atom is 0.293 e. The summed E-state index contributed by atoms with van der Waals surface area (Å²) >= 11 is 0. The fraction of sp³-hybridized carbons (Fsp3) is 0.500. The largest absolute Gasteiger partial charge is 0.463 e. The van der Waals surface area contributed by atoms with Crippen molar-refractivity contribution in [1.82, 2.24) is 10.6 Å². The van der Waals surface area contributed by atoms with Crippen LogP contribution >= 0.6 is 0 Å². The van der Waals surface area contributed by atoms with E-state index in [4.69, 9.17) is 0 Å². The van der Waals surface area contributed by atoms with E-state index in [0.717, 1.165) is 25.1 Å². The van der Waals surface area contributed by atoms with Gasteiger partial charge in [0.2, 0.25) is 5.91 Å². The molecule has 0 aromatic heterocycles. The van der Waals surface area contributed by atoms with Crippen molar-refractivity contribution in [3.05, 3.63) is 35.9 Å². The summed E-state index contributed by atoms with van der Waals surface area (Å²) in [6.45, 7) is 6.75. The lowest BCUT2D eigenvalue weighted by molar-refractivity contribution is -0.129. The summed E-state index contributed by atoms with van der Waals surface area (Å²) in [5.41, 5.74) is 1.01. The first-order valence-electron chi connectivity index (χ1n) is 7.23. The Hall–Kier alpha value is -1.88. The Bertz CT molecular complexity index is 421. The second-order valence-corrected chi connectivity index (χ2v) is 5.32. The smallest absolute Gasteiger partial charge is 0.293 e. The number of hydrogen-bond donors (Lipinski definition) is 2. The van der Waals surface area contributed by atoms with Gasteiger partial charge in [-0.05, 0) is 17.9 Å². The van der Waals surface area contributed by atoms with Gasteiger partial charge in [-0.25, -0.2) is 0 Å². The van der Waals surface area contributed by atoms with Crippen LogP contribution in [-0.2, 0) is 20.9 Å². The lowest BCUT2D eigenvalue weighted by Crippen LogP contribution is -2.53. The first-order valence-corrected chi connectivity index (χ1v) is 7.23. The second kappa shape index (κ2) is 9.94. The molecule has 1 heterocycles. The van der Waals surface area contributed by atoms with Gasteiger partial charge < -0.3 is 15.4 Å². The van der Waals surface area contributed by atoms with E-state index in [2.05, 4.69) is 29.2 Å². The molecule has 1 aliphatic heterocycles. The summed E-state index contributed by atoms with van der Waals surface area (Å²) in [4.78, 5) is 20.9. The molecule has 0 radical (unpaired) electrons. The Balaban J connectivity index is 0.000000211. The van der Waals surface area contributed by atoms with Gasteiger partial charge in [0.25, 0.3) is 6.47 Å². The standard InChI is InChI=1S/C8H16N2O.C8H8O2/c1-6(2)5-7-8(11)10-4-3-9-7;9-7-10-6-8-4-2-1-3-5-8/h6-7,9H,3-5H2,1-2H3,(H,10,11);1-5,7H,6H2. The number of benzene rings is 1. The Kier molecular flexibility index (Phi) is 8.12. The molecule has 1 aliphatic rings. The van der Waals surface area contributed by atoms with Crippen LogP contribution in [0, 0.1) is 5.92 Å². The minimum absolute atomic E-state index is 0.0451. The van der Waals surface area contributed by atoms with E-state index in [0.29, 0.717) is 19.0 Å². The molecule has 1 saturated heterocycles. The SMILES string of the molecule is CC(C)CC1NCCNC1=O.O=COCc1ccccc1. The van der Waals surface area contributed by atoms with Crippen LogP contribution in [0.2, 0.25) is 0 Å². The van der Waals surface area contributed by atoms with Crippen LogP contribution in [0.1, 0.15) is 25.8 Å². The molecule has 1 fully saturated rings. The summed E-state index contributed by atoms with van der Waals surface area (Å²) in [6.07, 6.45) is 0.936. The highest BCUT2D eigenvalue weighted by molar-refractivity contribution is 5.82. The van der Waals surface area contributed by atoms with Crippen LogP contribution in [0.4, 0.5) is 0 Å². The van der Waals surface area contributed by atoms with Crippen molar-refractivity contribution in [3.8, 4) is 0 Å². The minimum atomic E-state index is 0.0451. The molecule has 0 aliphatic carbocycles. The first kappa shape index (κ1) is 17.2. The predicted octanol–water partition coefficient (Wildman–Crippen LogP) is 1.48. The van der Waals surface area contributed by atoms with E-state index in [1.165, 1.54) is 0 Å². The van der Waals surface area contributed by atoms with E-state index < -0.39 is 0 Å². The number of carbonyl (C=O) groups excluding carboxylic acids is 2. The maximum atomic E-state index is 11.2. The van der Waals surface area contributed by atoms with Crippen molar-refractivity contribution in [2.75, 3.05) is 13.1 Å². The van der Waals surface area contributed by atoms with Gasteiger partial charge in [-0.2, -0.15) is 0 Å². The second-order valence-electron chi connectivity index (χ2n) is 5.32. The van der Waals surface area contributed by atoms with Crippen LogP contribution in [-0.4, -0.2) is 31.5 Å². The average Bonchev–Trinajstić information content (AvgIpc) is 2.49. The Morgan fingerprint density at radius 2 is 2.00 bits per heavy atom. The third-order valence-electron chi connectivity index (χ3n) is 3.00. The van der Waals surface area contributed by atoms with Crippen LogP contribution in [0.25, 0.3) is 0 Å². The highest BCUT2D eigenvalue weighted by Gasteiger charge is 2.21. The number of amides is 1. The highest BCUT2D eigenvalue weighted by Crippen LogP contribution is 2.05. The molecular formula is C16H24N2O3. The predicted molar refractivity (Wildman–Crippen MR) is 81.6 cm³/mol. The van der Waals surface area contributed by atoms with Gasteiger partial charge in [0, 0.05) is 13.1 Å². The summed E-state index contributed by atoms with van der Waals surface area (Å²) < 4.78 is 4.54. The van der Waals surface area contributed by atoms with E-state index in [1.54, 1.807) is 0 Å². The number of ether oxygens (including phenoxy) is 1. The molecule has 1 amide bonds. The molecule has 0 spiro atoms. The van der Waals surface area contributed by atoms with Gasteiger partial charge in [-0.15, -0.1) is 0 Å². The van der Waals surface area contributed by atoms with Crippen molar-refractivity contribution in [3.63, 3.8) is 0 Å². The van der Waals surface area contributed by atoms with Crippen molar-refractivity contribution in [2.45, 2.75) is 32.9 Å². The normalized spacial score (nSPS) is 17.5. The topological polar surface area (TPSA) is 67.4 Å². The number of carbonyl (C=O) groups is 2. The Morgan fingerprint density at radius 1 is 1.29 bits per heavy atom. The Labute approximate surface area is 126 Å². The molecule has 5 heteroatoms. The summed E-state index contributed by atoms with van der Waals surface area (Å²) in [5.74, 6) is 0.737. The fourth-order valence-corrected chi connectivity index (χ4v) is 2.01. The summed E-state index contributed by atoms with van der Waals surface area (Å²) in [5, 5.41) is 6.02. The number of piperazine rings is 1. The maximum absolute atomic E-state index is 11.2. The third kappa shape index (κ3) is 7.46. The molecule has 116 valence electrons. The van der Waals surface area contributed by atoms with Crippen molar-refractivity contribution >= 4 is 12.4 Å². The molecule has 0 bridgehead atoms. The van der Waals surface area contributed by atoms with Crippen molar-refractivity contribution in [2.24, 2.45) is 5.92 Å². The molecule has 2 rings (SSSR count). The molecular weight excluding hydrogens is 268 g/mol. The van der Waals surface area contributed by atoms with Crippen LogP contribution in [0.5, 0.6) is 0 Å². The third-order valence-corrected chi connectivity index (χ3v) is 3.00. The van der Waals surface area contributed by atoms with Crippen molar-refractivity contribution < 1.29 is 14.3 Å². The quantitative estimate of drug-likeness (QED) is 0.807. The molecule has 21 heavy (non-hydrogen) atoms. The molecule has 1 aromatic carbocycles. The average molecular weight is 292 g/mol. The van der Waals surface area contributed by atoms with Crippen LogP contribution in [0.15, 0.2) is 30.3 Å². The molecule has 0 saturated carbocycles. The molecule has 1 aromatic rings. The van der Waals surface area contributed by atoms with E-state index in [1.807, 2.05) is 30.3 Å². The molecule has 2 N–H and O–H groups in total. The van der Waals surface area contributed by atoms with Gasteiger partial charge in [0.1, 0.15) is 6.61 Å². The zero-order valence-corrected chi connectivity index (χ0v) is 12.7. The highest BCUT2D eigenvalue weighted by atomic mass is 16.5. The zero-order valence-electron chi connectivity index (χ0n) is 12.7. The van der Waals surface area contributed by atoms with Crippen LogP contribution < -0.4 is 10.6 Å². The zero-order chi connectivity index (χ0) is 15.5. The lowest BCUT2D eigenvalue weighted by atomic mass is 10.0. The Morgan fingerprint density at radius 3 is 2.57 bits per heavy atom. The number of hydrogen-bond acceptors (Lipinski definition) is 4. The van der Waals surface area contributed by atoms with Gasteiger partial charge >= 0.3 is 0 Å². The first-order chi connectivity index (χ1) is 10.1. The van der Waals surface area contributed by atoms with Crippen LogP contribution in [0.3, 0.4) is 0 Å². The molecule has 5 nitrogen and oxygen atoms in total. The van der Waals surface area contributed by atoms with E-state index >= 15 is 0 Å². The number of nitrogens with one attached hydrogen (secondary N) is 2.